The zero-order valence-electron chi connectivity index (χ0n) is 7.53. The van der Waals surface area contributed by atoms with Crippen LogP contribution in [0.4, 0.5) is 0 Å². The van der Waals surface area contributed by atoms with Crippen LogP contribution in [0, 0.1) is 0 Å². The molecule has 5 nitrogen and oxygen atoms in total. The number of H-pyrrole nitrogens is 1. The summed E-state index contributed by atoms with van der Waals surface area (Å²) in [5.41, 5.74) is 6.59. The van der Waals surface area contributed by atoms with Gasteiger partial charge < -0.3 is 10.7 Å². The lowest BCUT2D eigenvalue weighted by atomic mass is 10.3. The maximum atomic E-state index is 10.6. The van der Waals surface area contributed by atoms with E-state index in [1.165, 1.54) is 0 Å². The molecule has 0 unspecified atom stereocenters. The molecule has 14 heavy (non-hydrogen) atoms. The number of nitrogens with two attached hydrogens (primary N) is 1. The second kappa shape index (κ2) is 3.45. The van der Waals surface area contributed by atoms with E-state index in [0.29, 0.717) is 18.5 Å². The Balaban J connectivity index is 2.22. The Hall–Kier alpha value is -1.91. The number of rotatable bonds is 3. The number of carbonyl (C=O) groups excluding carboxylic acids is 1. The Bertz CT molecular complexity index is 430. The van der Waals surface area contributed by atoms with Gasteiger partial charge in [0.1, 0.15) is 5.82 Å². The molecule has 0 atom stereocenters. The molecule has 1 amide bonds. The third-order valence-electron chi connectivity index (χ3n) is 1.91. The number of amides is 1. The lowest BCUT2D eigenvalue weighted by Gasteiger charge is -1.90. The summed E-state index contributed by atoms with van der Waals surface area (Å²) in [5.74, 6) is 0.427. The highest BCUT2D eigenvalue weighted by Gasteiger charge is 2.03. The Morgan fingerprint density at radius 1 is 1.57 bits per heavy atom. The van der Waals surface area contributed by atoms with Crippen molar-refractivity contribution in [3.8, 4) is 0 Å². The van der Waals surface area contributed by atoms with Crippen molar-refractivity contribution in [1.29, 1.82) is 0 Å². The van der Waals surface area contributed by atoms with Crippen molar-refractivity contribution in [3.05, 3.63) is 24.2 Å². The molecule has 0 aliphatic rings. The van der Waals surface area contributed by atoms with Crippen LogP contribution < -0.4 is 5.73 Å². The fourth-order valence-corrected chi connectivity index (χ4v) is 1.25. The van der Waals surface area contributed by atoms with Gasteiger partial charge in [0, 0.05) is 19.0 Å². The van der Waals surface area contributed by atoms with Gasteiger partial charge in [0.05, 0.1) is 5.52 Å². The number of pyridine rings is 1. The van der Waals surface area contributed by atoms with Crippen molar-refractivity contribution in [2.75, 3.05) is 0 Å². The van der Waals surface area contributed by atoms with Crippen molar-refractivity contribution >= 4 is 17.1 Å². The molecule has 0 aliphatic carbocycles. The van der Waals surface area contributed by atoms with E-state index < -0.39 is 0 Å². The highest BCUT2D eigenvalue weighted by atomic mass is 16.1. The van der Waals surface area contributed by atoms with Gasteiger partial charge in [0.25, 0.3) is 0 Å². The van der Waals surface area contributed by atoms with Crippen molar-refractivity contribution < 1.29 is 4.79 Å². The summed E-state index contributed by atoms with van der Waals surface area (Å²) in [7, 11) is 0. The van der Waals surface area contributed by atoms with Crippen LogP contribution in [0.3, 0.4) is 0 Å². The molecule has 2 heterocycles. The summed E-state index contributed by atoms with van der Waals surface area (Å²) in [6.07, 6.45) is 2.52. The first-order valence-electron chi connectivity index (χ1n) is 4.33. The molecular formula is C9H10N4O. The molecule has 0 aliphatic heterocycles. The van der Waals surface area contributed by atoms with Crippen LogP contribution in [-0.4, -0.2) is 20.9 Å². The van der Waals surface area contributed by atoms with Gasteiger partial charge in [-0.2, -0.15) is 0 Å². The average Bonchev–Trinajstić information content (AvgIpc) is 2.57. The molecule has 5 heteroatoms. The number of aromatic nitrogens is 3. The predicted molar refractivity (Wildman–Crippen MR) is 51.4 cm³/mol. The van der Waals surface area contributed by atoms with Gasteiger partial charge in [0.15, 0.2) is 5.65 Å². The number of nitrogens with one attached hydrogen (secondary N) is 1. The summed E-state index contributed by atoms with van der Waals surface area (Å²) in [6.45, 7) is 0. The number of fused-ring (bicyclic) bond motifs is 1. The van der Waals surface area contributed by atoms with E-state index in [2.05, 4.69) is 15.0 Å². The fraction of sp³-hybridized carbons (Fsp3) is 0.222. The number of imidazole rings is 1. The molecule has 0 saturated carbocycles. The van der Waals surface area contributed by atoms with Crippen LogP contribution in [0.1, 0.15) is 12.2 Å². The number of aromatic amines is 1. The quantitative estimate of drug-likeness (QED) is 0.733. The normalized spacial score (nSPS) is 10.6. The Labute approximate surface area is 80.4 Å². The number of hydrogen-bond donors (Lipinski definition) is 2. The van der Waals surface area contributed by atoms with E-state index in [4.69, 9.17) is 5.73 Å². The second-order valence-corrected chi connectivity index (χ2v) is 3.02. The summed E-state index contributed by atoms with van der Waals surface area (Å²) in [5, 5.41) is 0. The van der Waals surface area contributed by atoms with Gasteiger partial charge >= 0.3 is 0 Å². The van der Waals surface area contributed by atoms with E-state index in [9.17, 15) is 4.79 Å². The highest BCUT2D eigenvalue weighted by Crippen LogP contribution is 2.08. The Kier molecular flexibility index (Phi) is 2.14. The number of aryl methyl sites for hydroxylation is 1. The molecule has 0 spiro atoms. The first kappa shape index (κ1) is 8.68. The monoisotopic (exact) mass is 190 g/mol. The molecule has 0 fully saturated rings. The van der Waals surface area contributed by atoms with Gasteiger partial charge in [-0.05, 0) is 12.1 Å². The lowest BCUT2D eigenvalue weighted by molar-refractivity contribution is -0.118. The molecule has 3 N–H and O–H groups in total. The van der Waals surface area contributed by atoms with Gasteiger partial charge in [-0.15, -0.1) is 0 Å². The predicted octanol–water partition coefficient (Wildman–Crippen LogP) is 0.376. The van der Waals surface area contributed by atoms with Crippen LogP contribution in [0.5, 0.6) is 0 Å². The zero-order chi connectivity index (χ0) is 9.97. The largest absolute Gasteiger partial charge is 0.370 e. The van der Waals surface area contributed by atoms with Crippen LogP contribution in [0.15, 0.2) is 18.3 Å². The molecular weight excluding hydrogens is 180 g/mol. The van der Waals surface area contributed by atoms with Crippen LogP contribution >= 0.6 is 0 Å². The van der Waals surface area contributed by atoms with E-state index in [1.807, 2.05) is 12.1 Å². The van der Waals surface area contributed by atoms with E-state index in [0.717, 1.165) is 11.3 Å². The lowest BCUT2D eigenvalue weighted by Crippen LogP contribution is -2.11. The van der Waals surface area contributed by atoms with Gasteiger partial charge in [-0.3, -0.25) is 4.79 Å². The Morgan fingerprint density at radius 3 is 3.14 bits per heavy atom. The van der Waals surface area contributed by atoms with Crippen LogP contribution in [0.25, 0.3) is 11.2 Å². The molecule has 2 aromatic rings. The second-order valence-electron chi connectivity index (χ2n) is 3.02. The number of primary amides is 1. The topological polar surface area (TPSA) is 84.7 Å². The van der Waals surface area contributed by atoms with Crippen molar-refractivity contribution in [3.63, 3.8) is 0 Å². The van der Waals surface area contributed by atoms with Crippen molar-refractivity contribution in [2.45, 2.75) is 12.8 Å². The van der Waals surface area contributed by atoms with E-state index in [-0.39, 0.29) is 5.91 Å². The first-order chi connectivity index (χ1) is 6.75. The maximum absolute atomic E-state index is 10.6. The maximum Gasteiger partial charge on any atom is 0.217 e. The number of nitrogens with zero attached hydrogens (tertiary/aromatic N) is 2. The molecule has 0 saturated heterocycles. The van der Waals surface area contributed by atoms with Gasteiger partial charge in [-0.25, -0.2) is 9.97 Å². The summed E-state index contributed by atoms with van der Waals surface area (Å²) >= 11 is 0. The minimum atomic E-state index is -0.321. The van der Waals surface area contributed by atoms with Crippen molar-refractivity contribution in [1.82, 2.24) is 15.0 Å². The Morgan fingerprint density at radius 2 is 2.43 bits per heavy atom. The van der Waals surface area contributed by atoms with Gasteiger partial charge in [-0.1, -0.05) is 0 Å². The summed E-state index contributed by atoms with van der Waals surface area (Å²) < 4.78 is 0. The third kappa shape index (κ3) is 1.71. The van der Waals surface area contributed by atoms with Gasteiger partial charge in [0.2, 0.25) is 5.91 Å². The molecule has 72 valence electrons. The first-order valence-corrected chi connectivity index (χ1v) is 4.33. The van der Waals surface area contributed by atoms with Crippen molar-refractivity contribution in [2.24, 2.45) is 5.73 Å². The third-order valence-corrected chi connectivity index (χ3v) is 1.91. The number of hydrogen-bond acceptors (Lipinski definition) is 3. The van der Waals surface area contributed by atoms with E-state index in [1.54, 1.807) is 6.20 Å². The molecule has 0 aromatic carbocycles. The molecule has 2 aromatic heterocycles. The number of carbonyl (C=O) groups is 1. The molecule has 2 rings (SSSR count). The smallest absolute Gasteiger partial charge is 0.217 e. The molecule has 0 bridgehead atoms. The average molecular weight is 190 g/mol. The molecule has 0 radical (unpaired) electrons. The fourth-order valence-electron chi connectivity index (χ4n) is 1.25. The SMILES string of the molecule is NC(=O)CCc1nc2ncccc2[nH]1. The van der Waals surface area contributed by atoms with Crippen LogP contribution in [-0.2, 0) is 11.2 Å². The minimum absolute atomic E-state index is 0.305. The standard InChI is InChI=1S/C9H10N4O/c10-7(14)3-4-8-12-6-2-1-5-11-9(6)13-8/h1-2,5H,3-4H2,(H2,10,14)(H,11,12,13). The van der Waals surface area contributed by atoms with Crippen LogP contribution in [0.2, 0.25) is 0 Å². The summed E-state index contributed by atoms with van der Waals surface area (Å²) in [6, 6.07) is 3.72. The zero-order valence-corrected chi connectivity index (χ0v) is 7.53. The minimum Gasteiger partial charge on any atom is -0.370 e. The van der Waals surface area contributed by atoms with E-state index >= 15 is 0 Å². The highest BCUT2D eigenvalue weighted by molar-refractivity contribution is 5.74. The summed E-state index contributed by atoms with van der Waals surface area (Å²) in [4.78, 5) is 21.9.